The van der Waals surface area contributed by atoms with Crippen LogP contribution in [0.3, 0.4) is 0 Å². The molecule has 106 valence electrons. The predicted molar refractivity (Wildman–Crippen MR) is 72.5 cm³/mol. The molecule has 20 heavy (non-hydrogen) atoms. The number of hydrogen-bond donors (Lipinski definition) is 1. The number of anilines is 1. The lowest BCUT2D eigenvalue weighted by molar-refractivity contribution is -0.140. The van der Waals surface area contributed by atoms with E-state index in [1.807, 2.05) is 6.92 Å². The number of benzene rings is 1. The Kier molecular flexibility index (Phi) is 3.25. The highest BCUT2D eigenvalue weighted by molar-refractivity contribution is 6.29. The third-order valence-corrected chi connectivity index (χ3v) is 3.37. The summed E-state index contributed by atoms with van der Waals surface area (Å²) in [5.74, 6) is -0.473. The zero-order chi connectivity index (χ0) is 15.1. The van der Waals surface area contributed by atoms with Gasteiger partial charge in [-0.25, -0.2) is 9.69 Å². The van der Waals surface area contributed by atoms with Crippen LogP contribution in [-0.4, -0.2) is 25.0 Å². The Morgan fingerprint density at radius 3 is 2.40 bits per heavy atom. The van der Waals surface area contributed by atoms with Crippen LogP contribution in [0.4, 0.5) is 10.5 Å². The summed E-state index contributed by atoms with van der Waals surface area (Å²) in [5, 5.41) is 2.19. The minimum Gasteiger partial charge on any atom is -0.496 e. The third kappa shape index (κ3) is 2.03. The molecule has 6 nitrogen and oxygen atoms in total. The fourth-order valence-electron chi connectivity index (χ4n) is 2.01. The summed E-state index contributed by atoms with van der Waals surface area (Å²) in [5.41, 5.74) is -0.0754. The van der Waals surface area contributed by atoms with Crippen LogP contribution in [-0.2, 0) is 9.59 Å². The van der Waals surface area contributed by atoms with E-state index in [-0.39, 0.29) is 0 Å². The van der Waals surface area contributed by atoms with Crippen LogP contribution in [0.25, 0.3) is 0 Å². The Balaban J connectivity index is 2.46. The monoisotopic (exact) mass is 276 g/mol. The molecule has 0 saturated carbocycles. The van der Waals surface area contributed by atoms with Crippen molar-refractivity contribution in [1.29, 1.82) is 0 Å². The summed E-state index contributed by atoms with van der Waals surface area (Å²) < 4.78 is 5.14. The van der Waals surface area contributed by atoms with Gasteiger partial charge in [0.15, 0.2) is 0 Å². The molecule has 1 saturated heterocycles. The highest BCUT2D eigenvalue weighted by Crippen LogP contribution is 2.30. The minimum absolute atomic E-state index is 0.409. The number of carbonyl (C=O) groups excluding carboxylic acids is 3. The van der Waals surface area contributed by atoms with Crippen molar-refractivity contribution in [3.63, 3.8) is 0 Å². The van der Waals surface area contributed by atoms with Crippen molar-refractivity contribution in [3.8, 4) is 5.75 Å². The number of ether oxygens (including phenoxy) is 1. The van der Waals surface area contributed by atoms with Crippen LogP contribution in [0.5, 0.6) is 5.75 Å². The number of nitrogens with zero attached hydrogens (tertiary/aromatic N) is 1. The fraction of sp³-hybridized carbons (Fsp3) is 0.357. The van der Waals surface area contributed by atoms with Crippen molar-refractivity contribution in [2.24, 2.45) is 5.41 Å². The quantitative estimate of drug-likeness (QED) is 0.833. The maximum Gasteiger partial charge on any atom is 0.335 e. The average Bonchev–Trinajstić information content (AvgIpc) is 2.37. The van der Waals surface area contributed by atoms with E-state index in [1.165, 1.54) is 13.8 Å². The van der Waals surface area contributed by atoms with Crippen LogP contribution in [0.1, 0.15) is 19.4 Å². The molecule has 1 aromatic rings. The molecular weight excluding hydrogens is 260 g/mol. The predicted octanol–water partition coefficient (Wildman–Crippen LogP) is 1.61. The molecule has 1 heterocycles. The number of barbiturate groups is 1. The second kappa shape index (κ2) is 4.63. The molecule has 1 N–H and O–H groups in total. The van der Waals surface area contributed by atoms with Crippen molar-refractivity contribution in [3.05, 3.63) is 23.8 Å². The van der Waals surface area contributed by atoms with E-state index in [2.05, 4.69) is 5.32 Å². The van der Waals surface area contributed by atoms with Gasteiger partial charge in [0.25, 0.3) is 0 Å². The number of carbonyl (C=O) groups is 3. The molecule has 0 spiro atoms. The number of nitrogens with one attached hydrogen (secondary N) is 1. The number of urea groups is 1. The number of methoxy groups -OCH3 is 1. The SMILES string of the molecule is COc1ccc(N2C(=O)NC(=O)C(C)(C)C2=O)cc1C. The van der Waals surface area contributed by atoms with Gasteiger partial charge in [0, 0.05) is 0 Å². The molecule has 1 aromatic carbocycles. The second-order valence-corrected chi connectivity index (χ2v) is 5.18. The van der Waals surface area contributed by atoms with Gasteiger partial charge in [0.2, 0.25) is 11.8 Å². The van der Waals surface area contributed by atoms with E-state index < -0.39 is 23.3 Å². The lowest BCUT2D eigenvalue weighted by atomic mass is 9.88. The van der Waals surface area contributed by atoms with Gasteiger partial charge in [-0.05, 0) is 44.5 Å². The first-order valence-corrected chi connectivity index (χ1v) is 6.13. The van der Waals surface area contributed by atoms with Gasteiger partial charge in [-0.1, -0.05) is 0 Å². The average molecular weight is 276 g/mol. The molecule has 0 unspecified atom stereocenters. The van der Waals surface area contributed by atoms with Crippen molar-refractivity contribution in [1.82, 2.24) is 5.32 Å². The Hall–Kier alpha value is -2.37. The van der Waals surface area contributed by atoms with Crippen LogP contribution in [0.2, 0.25) is 0 Å². The smallest absolute Gasteiger partial charge is 0.335 e. The van der Waals surface area contributed by atoms with E-state index in [4.69, 9.17) is 4.74 Å². The van der Waals surface area contributed by atoms with Crippen LogP contribution >= 0.6 is 0 Å². The fourth-order valence-corrected chi connectivity index (χ4v) is 2.01. The van der Waals surface area contributed by atoms with Gasteiger partial charge >= 0.3 is 6.03 Å². The minimum atomic E-state index is -1.28. The number of amides is 4. The molecule has 0 radical (unpaired) electrons. The standard InChI is InChI=1S/C14H16N2O4/c1-8-7-9(5-6-10(8)20-4)16-12(18)14(2,3)11(17)15-13(16)19/h5-7H,1-4H3,(H,15,17,19). The first kappa shape index (κ1) is 14.0. The summed E-state index contributed by atoms with van der Waals surface area (Å²) in [7, 11) is 1.54. The Morgan fingerprint density at radius 1 is 1.20 bits per heavy atom. The van der Waals surface area contributed by atoms with E-state index in [1.54, 1.807) is 25.3 Å². The van der Waals surface area contributed by atoms with Crippen LogP contribution in [0.15, 0.2) is 18.2 Å². The summed E-state index contributed by atoms with van der Waals surface area (Å²) in [6, 6.07) is 4.22. The second-order valence-electron chi connectivity index (χ2n) is 5.18. The van der Waals surface area contributed by atoms with Gasteiger partial charge in [0.05, 0.1) is 12.8 Å². The van der Waals surface area contributed by atoms with Crippen molar-refractivity contribution >= 4 is 23.5 Å². The Morgan fingerprint density at radius 2 is 1.85 bits per heavy atom. The van der Waals surface area contributed by atoms with Gasteiger partial charge in [0.1, 0.15) is 11.2 Å². The lowest BCUT2D eigenvalue weighted by Crippen LogP contribution is -2.62. The molecule has 1 aliphatic rings. The van der Waals surface area contributed by atoms with E-state index in [0.29, 0.717) is 11.4 Å². The molecule has 6 heteroatoms. The number of imide groups is 2. The van der Waals surface area contributed by atoms with Crippen molar-refractivity contribution in [2.75, 3.05) is 12.0 Å². The zero-order valence-corrected chi connectivity index (χ0v) is 11.8. The van der Waals surface area contributed by atoms with Gasteiger partial charge < -0.3 is 4.74 Å². The van der Waals surface area contributed by atoms with Crippen molar-refractivity contribution < 1.29 is 19.1 Å². The Bertz CT molecular complexity index is 607. The molecule has 0 bridgehead atoms. The summed E-state index contributed by atoms with van der Waals surface area (Å²) >= 11 is 0. The maximum atomic E-state index is 12.3. The molecule has 0 aliphatic carbocycles. The molecule has 2 rings (SSSR count). The molecule has 1 aliphatic heterocycles. The largest absolute Gasteiger partial charge is 0.496 e. The molecule has 0 atom stereocenters. The van der Waals surface area contributed by atoms with E-state index >= 15 is 0 Å². The van der Waals surface area contributed by atoms with E-state index in [0.717, 1.165) is 10.5 Å². The third-order valence-electron chi connectivity index (χ3n) is 3.37. The van der Waals surface area contributed by atoms with Crippen molar-refractivity contribution in [2.45, 2.75) is 20.8 Å². The summed E-state index contributed by atoms with van der Waals surface area (Å²) in [6.45, 7) is 4.78. The summed E-state index contributed by atoms with van der Waals surface area (Å²) in [6.07, 6.45) is 0. The zero-order valence-electron chi connectivity index (χ0n) is 11.8. The summed E-state index contributed by atoms with van der Waals surface area (Å²) in [4.78, 5) is 36.9. The Labute approximate surface area is 116 Å². The van der Waals surface area contributed by atoms with E-state index in [9.17, 15) is 14.4 Å². The normalized spacial score (nSPS) is 18.0. The lowest BCUT2D eigenvalue weighted by Gasteiger charge is -2.34. The van der Waals surface area contributed by atoms with Crippen LogP contribution < -0.4 is 15.0 Å². The maximum absolute atomic E-state index is 12.3. The number of rotatable bonds is 2. The number of hydrogen-bond acceptors (Lipinski definition) is 4. The van der Waals surface area contributed by atoms with Gasteiger partial charge in [-0.3, -0.25) is 14.9 Å². The highest BCUT2D eigenvalue weighted by Gasteiger charge is 2.47. The topological polar surface area (TPSA) is 75.7 Å². The molecule has 0 aromatic heterocycles. The highest BCUT2D eigenvalue weighted by atomic mass is 16.5. The van der Waals surface area contributed by atoms with Gasteiger partial charge in [-0.2, -0.15) is 0 Å². The first-order valence-electron chi connectivity index (χ1n) is 6.13. The first-order chi connectivity index (χ1) is 9.28. The molecule has 1 fully saturated rings. The van der Waals surface area contributed by atoms with Gasteiger partial charge in [-0.15, -0.1) is 0 Å². The van der Waals surface area contributed by atoms with Crippen LogP contribution in [0, 0.1) is 12.3 Å². The molecule has 4 amide bonds. The molecular formula is C14H16N2O4. The number of aryl methyl sites for hydroxylation is 1.